The summed E-state index contributed by atoms with van der Waals surface area (Å²) in [5.41, 5.74) is 5.02. The Kier molecular flexibility index (Phi) is 10.1. The first-order valence-electron chi connectivity index (χ1n) is 13.6. The molecule has 1 N–H and O–H groups in total. The monoisotopic (exact) mass is 563 g/mol. The minimum Gasteiger partial charge on any atom is -0.352 e. The van der Waals surface area contributed by atoms with Crippen molar-refractivity contribution in [3.63, 3.8) is 0 Å². The summed E-state index contributed by atoms with van der Waals surface area (Å²) in [5.74, 6) is -0.753. The second-order valence-corrected chi connectivity index (χ2v) is 12.5. The molecule has 40 heavy (non-hydrogen) atoms. The molecule has 3 aromatic rings. The van der Waals surface area contributed by atoms with Gasteiger partial charge in [0.15, 0.2) is 0 Å². The van der Waals surface area contributed by atoms with Crippen LogP contribution in [0.2, 0.25) is 0 Å². The average molecular weight is 564 g/mol. The number of carbonyl (C=O) groups excluding carboxylic acids is 2. The number of amides is 2. The second-order valence-electron chi connectivity index (χ2n) is 10.7. The molecule has 0 aliphatic heterocycles. The van der Waals surface area contributed by atoms with E-state index in [1.165, 1.54) is 4.90 Å². The molecule has 0 bridgehead atoms. The van der Waals surface area contributed by atoms with E-state index in [0.717, 1.165) is 38.5 Å². The van der Waals surface area contributed by atoms with Crippen LogP contribution >= 0.6 is 0 Å². The van der Waals surface area contributed by atoms with Crippen LogP contribution in [-0.2, 0) is 26.2 Å². The molecule has 7 nitrogen and oxygen atoms in total. The fourth-order valence-electron chi connectivity index (χ4n) is 4.40. The molecular formula is C32H41N3O4S. The normalized spacial score (nSPS) is 12.9. The van der Waals surface area contributed by atoms with E-state index in [2.05, 4.69) is 5.32 Å². The zero-order chi connectivity index (χ0) is 29.6. The number of benzene rings is 3. The lowest BCUT2D eigenvalue weighted by atomic mass is 10.1. The third-order valence-electron chi connectivity index (χ3n) is 7.02. The second kappa shape index (κ2) is 13.1. The highest BCUT2D eigenvalue weighted by Crippen LogP contribution is 2.27. The van der Waals surface area contributed by atoms with Gasteiger partial charge >= 0.3 is 0 Å². The van der Waals surface area contributed by atoms with Crippen molar-refractivity contribution in [3.05, 3.63) is 94.5 Å². The van der Waals surface area contributed by atoms with Crippen molar-refractivity contribution in [2.24, 2.45) is 0 Å². The van der Waals surface area contributed by atoms with Gasteiger partial charge in [0.1, 0.15) is 12.6 Å². The molecule has 3 aromatic carbocycles. The van der Waals surface area contributed by atoms with Gasteiger partial charge in [-0.05, 0) is 88.9 Å². The number of aryl methyl sites for hydroxylation is 4. The number of carbonyl (C=O) groups is 2. The van der Waals surface area contributed by atoms with Crippen molar-refractivity contribution < 1.29 is 18.0 Å². The van der Waals surface area contributed by atoms with Crippen molar-refractivity contribution in [1.82, 2.24) is 10.2 Å². The molecule has 2 unspecified atom stereocenters. The molecule has 0 heterocycles. The van der Waals surface area contributed by atoms with Crippen LogP contribution in [0, 0.1) is 27.7 Å². The fraction of sp³-hybridized carbons (Fsp3) is 0.375. The Morgan fingerprint density at radius 1 is 0.800 bits per heavy atom. The highest BCUT2D eigenvalue weighted by Gasteiger charge is 2.33. The molecule has 8 heteroatoms. The molecule has 3 rings (SSSR count). The SMILES string of the molecule is CCC(C)NC(=O)C(C)N(Cc1ccc(C)cc1)C(=O)CN(c1cc(C)cc(C)c1)S(=O)(=O)c1ccc(C)cc1. The number of hydrogen-bond acceptors (Lipinski definition) is 4. The summed E-state index contributed by atoms with van der Waals surface area (Å²) >= 11 is 0. The summed E-state index contributed by atoms with van der Waals surface area (Å²) in [7, 11) is -4.10. The van der Waals surface area contributed by atoms with Crippen LogP contribution in [0.3, 0.4) is 0 Å². The molecule has 2 atom stereocenters. The summed E-state index contributed by atoms with van der Waals surface area (Å²) in [4.78, 5) is 28.8. The van der Waals surface area contributed by atoms with Crippen LogP contribution in [0.1, 0.15) is 55.0 Å². The quantitative estimate of drug-likeness (QED) is 0.336. The number of sulfonamides is 1. The van der Waals surface area contributed by atoms with Gasteiger partial charge in [-0.3, -0.25) is 13.9 Å². The van der Waals surface area contributed by atoms with Crippen LogP contribution in [-0.4, -0.2) is 43.8 Å². The Morgan fingerprint density at radius 2 is 1.32 bits per heavy atom. The van der Waals surface area contributed by atoms with E-state index in [4.69, 9.17) is 0 Å². The molecule has 0 aliphatic rings. The smallest absolute Gasteiger partial charge is 0.264 e. The molecule has 0 fully saturated rings. The molecule has 0 aliphatic carbocycles. The van der Waals surface area contributed by atoms with Crippen molar-refractivity contribution in [3.8, 4) is 0 Å². The zero-order valence-electron chi connectivity index (χ0n) is 24.6. The maximum absolute atomic E-state index is 14.0. The summed E-state index contributed by atoms with van der Waals surface area (Å²) in [6, 6.07) is 18.9. The van der Waals surface area contributed by atoms with Crippen LogP contribution in [0.5, 0.6) is 0 Å². The van der Waals surface area contributed by atoms with Gasteiger partial charge in [0.25, 0.3) is 10.0 Å². The molecule has 2 amide bonds. The number of hydrogen-bond donors (Lipinski definition) is 1. The van der Waals surface area contributed by atoms with E-state index in [1.54, 1.807) is 43.3 Å². The third kappa shape index (κ3) is 7.72. The molecule has 0 radical (unpaired) electrons. The highest BCUT2D eigenvalue weighted by atomic mass is 32.2. The lowest BCUT2D eigenvalue weighted by Crippen LogP contribution is -2.52. The van der Waals surface area contributed by atoms with Crippen molar-refractivity contribution in [2.45, 2.75) is 78.4 Å². The van der Waals surface area contributed by atoms with Gasteiger partial charge in [-0.1, -0.05) is 60.5 Å². The van der Waals surface area contributed by atoms with Gasteiger partial charge in [-0.2, -0.15) is 0 Å². The zero-order valence-corrected chi connectivity index (χ0v) is 25.4. The largest absolute Gasteiger partial charge is 0.352 e. The molecule has 214 valence electrons. The van der Waals surface area contributed by atoms with Crippen molar-refractivity contribution in [1.29, 1.82) is 0 Å². The lowest BCUT2D eigenvalue weighted by Gasteiger charge is -2.32. The Hall–Kier alpha value is -3.65. The van der Waals surface area contributed by atoms with Crippen molar-refractivity contribution in [2.75, 3.05) is 10.8 Å². The Morgan fingerprint density at radius 3 is 1.85 bits per heavy atom. The van der Waals surface area contributed by atoms with E-state index in [1.807, 2.05) is 71.9 Å². The van der Waals surface area contributed by atoms with Gasteiger partial charge in [-0.15, -0.1) is 0 Å². The van der Waals surface area contributed by atoms with Crippen molar-refractivity contribution >= 4 is 27.5 Å². The first kappa shape index (κ1) is 30.9. The lowest BCUT2D eigenvalue weighted by molar-refractivity contribution is -0.139. The molecule has 0 saturated heterocycles. The van der Waals surface area contributed by atoms with E-state index in [9.17, 15) is 18.0 Å². The van der Waals surface area contributed by atoms with Gasteiger partial charge in [0.05, 0.1) is 10.6 Å². The Bertz CT molecular complexity index is 1410. The summed E-state index contributed by atoms with van der Waals surface area (Å²) in [5, 5.41) is 2.96. The van der Waals surface area contributed by atoms with Gasteiger partial charge in [-0.25, -0.2) is 8.42 Å². The Labute approximate surface area is 239 Å². The fourth-order valence-corrected chi connectivity index (χ4v) is 5.80. The molecule has 0 saturated carbocycles. The number of nitrogens with one attached hydrogen (secondary N) is 1. The maximum atomic E-state index is 14.0. The number of nitrogens with zero attached hydrogens (tertiary/aromatic N) is 2. The predicted octanol–water partition coefficient (Wildman–Crippen LogP) is 5.45. The van der Waals surface area contributed by atoms with Crippen LogP contribution in [0.15, 0.2) is 71.6 Å². The Balaban J connectivity index is 2.05. The standard InChI is InChI=1S/C32H41N3O4S/c1-8-26(6)33-32(37)27(7)34(20-28-13-9-22(2)10-14-28)31(36)21-35(29-18-24(4)17-25(5)19-29)40(38,39)30-15-11-23(3)12-16-30/h9-19,26-27H,8,20-21H2,1-7H3,(H,33,37). The van der Waals surface area contributed by atoms with E-state index in [-0.39, 0.29) is 23.4 Å². The summed E-state index contributed by atoms with van der Waals surface area (Å²) < 4.78 is 29.1. The van der Waals surface area contributed by atoms with Gasteiger partial charge in [0.2, 0.25) is 11.8 Å². The highest BCUT2D eigenvalue weighted by molar-refractivity contribution is 7.92. The van der Waals surface area contributed by atoms with Gasteiger partial charge in [0, 0.05) is 12.6 Å². The van der Waals surface area contributed by atoms with Gasteiger partial charge < -0.3 is 10.2 Å². The minimum absolute atomic E-state index is 0.0556. The number of anilines is 1. The summed E-state index contributed by atoms with van der Waals surface area (Å²) in [6.07, 6.45) is 0.750. The average Bonchev–Trinajstić information content (AvgIpc) is 2.90. The third-order valence-corrected chi connectivity index (χ3v) is 8.81. The number of rotatable bonds is 11. The first-order chi connectivity index (χ1) is 18.8. The van der Waals surface area contributed by atoms with E-state index < -0.39 is 28.5 Å². The summed E-state index contributed by atoms with van der Waals surface area (Å²) in [6.45, 7) is 12.9. The van der Waals surface area contributed by atoms with E-state index in [0.29, 0.717) is 5.69 Å². The molecule has 0 spiro atoms. The van der Waals surface area contributed by atoms with Crippen LogP contribution in [0.25, 0.3) is 0 Å². The molecular weight excluding hydrogens is 522 g/mol. The molecule has 0 aromatic heterocycles. The van der Waals surface area contributed by atoms with E-state index >= 15 is 0 Å². The van der Waals surface area contributed by atoms with Crippen LogP contribution < -0.4 is 9.62 Å². The topological polar surface area (TPSA) is 86.8 Å². The van der Waals surface area contributed by atoms with Crippen LogP contribution in [0.4, 0.5) is 5.69 Å². The predicted molar refractivity (Wildman–Crippen MR) is 161 cm³/mol. The first-order valence-corrected chi connectivity index (χ1v) is 15.1. The maximum Gasteiger partial charge on any atom is 0.264 e. The minimum atomic E-state index is -4.10.